The van der Waals surface area contributed by atoms with Gasteiger partial charge in [-0.15, -0.1) is 0 Å². The molecule has 4 atom stereocenters. The maximum atomic E-state index is 13.1. The van der Waals surface area contributed by atoms with Gasteiger partial charge in [0, 0.05) is 43.2 Å². The number of carbonyl (C=O) groups is 1. The predicted molar refractivity (Wildman–Crippen MR) is 131 cm³/mol. The molecule has 1 fully saturated rings. The standard InChI is InChI=1S/C29H32N2O/c1-3-28(32)31(23-14-8-5-9-15-23)27-18-19-30-20-26(22-12-6-4-7-13-22)24-16-10-11-17-25(24)29(30)21(27)2/h4-17,21,26-27,29H,3,18-20H2,1-2H3/t21-,26+,27-,29+/m1/s1. The van der Waals surface area contributed by atoms with Crippen molar-refractivity contribution in [3.05, 3.63) is 102 Å². The molecule has 0 N–H and O–H groups in total. The number of benzene rings is 3. The van der Waals surface area contributed by atoms with E-state index >= 15 is 0 Å². The average Bonchev–Trinajstić information content (AvgIpc) is 2.86. The smallest absolute Gasteiger partial charge is 0.226 e. The summed E-state index contributed by atoms with van der Waals surface area (Å²) < 4.78 is 0. The Hall–Kier alpha value is -2.91. The van der Waals surface area contributed by atoms with E-state index in [0.717, 1.165) is 25.2 Å². The summed E-state index contributed by atoms with van der Waals surface area (Å²) in [5.41, 5.74) is 5.29. The summed E-state index contributed by atoms with van der Waals surface area (Å²) in [4.78, 5) is 17.9. The molecule has 164 valence electrons. The first-order chi connectivity index (χ1) is 15.7. The Morgan fingerprint density at radius 2 is 1.53 bits per heavy atom. The van der Waals surface area contributed by atoms with Crippen molar-refractivity contribution in [2.45, 2.75) is 44.7 Å². The Morgan fingerprint density at radius 1 is 0.906 bits per heavy atom. The second-order valence-corrected chi connectivity index (χ2v) is 9.20. The summed E-state index contributed by atoms with van der Waals surface area (Å²) in [6.45, 7) is 6.37. The van der Waals surface area contributed by atoms with Crippen LogP contribution in [0.15, 0.2) is 84.9 Å². The van der Waals surface area contributed by atoms with Crippen LogP contribution in [0.4, 0.5) is 5.69 Å². The quantitative estimate of drug-likeness (QED) is 0.511. The third kappa shape index (κ3) is 3.65. The molecule has 0 radical (unpaired) electrons. The van der Waals surface area contributed by atoms with Crippen LogP contribution in [-0.2, 0) is 4.79 Å². The molecule has 2 heterocycles. The lowest BCUT2D eigenvalue weighted by Gasteiger charge is -2.52. The molecule has 0 aliphatic carbocycles. The van der Waals surface area contributed by atoms with Crippen molar-refractivity contribution in [2.75, 3.05) is 18.0 Å². The fraction of sp³-hybridized carbons (Fsp3) is 0.345. The minimum atomic E-state index is 0.201. The first-order valence-electron chi connectivity index (χ1n) is 11.9. The molecule has 0 saturated carbocycles. The van der Waals surface area contributed by atoms with Gasteiger partial charge in [0.2, 0.25) is 5.91 Å². The highest BCUT2D eigenvalue weighted by atomic mass is 16.2. The van der Waals surface area contributed by atoms with Gasteiger partial charge in [-0.3, -0.25) is 9.69 Å². The topological polar surface area (TPSA) is 23.6 Å². The summed E-state index contributed by atoms with van der Waals surface area (Å²) in [7, 11) is 0. The van der Waals surface area contributed by atoms with Gasteiger partial charge in [-0.2, -0.15) is 0 Å². The molecule has 2 aliphatic rings. The first-order valence-corrected chi connectivity index (χ1v) is 11.9. The number of hydrogen-bond acceptors (Lipinski definition) is 2. The van der Waals surface area contributed by atoms with Crippen molar-refractivity contribution in [2.24, 2.45) is 5.92 Å². The Balaban J connectivity index is 1.53. The van der Waals surface area contributed by atoms with Gasteiger partial charge >= 0.3 is 0 Å². The highest BCUT2D eigenvalue weighted by Crippen LogP contribution is 2.47. The molecule has 0 spiro atoms. The van der Waals surface area contributed by atoms with Crippen molar-refractivity contribution in [1.82, 2.24) is 4.90 Å². The zero-order chi connectivity index (χ0) is 22.1. The zero-order valence-electron chi connectivity index (χ0n) is 19.0. The number of piperidine rings is 1. The van der Waals surface area contributed by atoms with E-state index in [0.29, 0.717) is 24.3 Å². The van der Waals surface area contributed by atoms with Crippen molar-refractivity contribution >= 4 is 11.6 Å². The van der Waals surface area contributed by atoms with Gasteiger partial charge in [-0.05, 0) is 41.2 Å². The Morgan fingerprint density at radius 3 is 2.22 bits per heavy atom. The van der Waals surface area contributed by atoms with Gasteiger partial charge in [0.25, 0.3) is 0 Å². The lowest BCUT2D eigenvalue weighted by atomic mass is 9.73. The highest BCUT2D eigenvalue weighted by Gasteiger charge is 2.44. The molecule has 3 heteroatoms. The fourth-order valence-corrected chi connectivity index (χ4v) is 5.97. The molecule has 0 bridgehead atoms. The van der Waals surface area contributed by atoms with Crippen molar-refractivity contribution in [3.8, 4) is 0 Å². The van der Waals surface area contributed by atoms with Crippen LogP contribution in [0.25, 0.3) is 0 Å². The van der Waals surface area contributed by atoms with E-state index in [4.69, 9.17) is 0 Å². The van der Waals surface area contributed by atoms with Crippen LogP contribution in [0.3, 0.4) is 0 Å². The Labute approximate surface area is 191 Å². The second-order valence-electron chi connectivity index (χ2n) is 9.20. The number of anilines is 1. The molecule has 3 aromatic carbocycles. The van der Waals surface area contributed by atoms with Crippen molar-refractivity contribution in [3.63, 3.8) is 0 Å². The Bertz CT molecular complexity index is 1060. The number of rotatable bonds is 4. The van der Waals surface area contributed by atoms with Gasteiger partial charge in [-0.1, -0.05) is 86.6 Å². The molecule has 3 aromatic rings. The van der Waals surface area contributed by atoms with Crippen molar-refractivity contribution in [1.29, 1.82) is 0 Å². The van der Waals surface area contributed by atoms with E-state index in [1.807, 2.05) is 25.1 Å². The van der Waals surface area contributed by atoms with Crippen LogP contribution >= 0.6 is 0 Å². The summed E-state index contributed by atoms with van der Waals surface area (Å²) in [6.07, 6.45) is 1.53. The van der Waals surface area contributed by atoms with Crippen LogP contribution in [0.1, 0.15) is 55.3 Å². The minimum absolute atomic E-state index is 0.201. The number of hydrogen-bond donors (Lipinski definition) is 0. The van der Waals surface area contributed by atoms with Gasteiger partial charge in [0.05, 0.1) is 0 Å². The van der Waals surface area contributed by atoms with Crippen LogP contribution < -0.4 is 4.90 Å². The van der Waals surface area contributed by atoms with E-state index in [1.165, 1.54) is 16.7 Å². The van der Waals surface area contributed by atoms with Crippen LogP contribution in [0, 0.1) is 5.92 Å². The SMILES string of the molecule is CCC(=O)N(c1ccccc1)[C@@H]1CCN2C[C@@H](c3ccccc3)c3ccccc3[C@@H]2[C@@H]1C. The largest absolute Gasteiger partial charge is 0.309 e. The third-order valence-electron chi connectivity index (χ3n) is 7.46. The molecule has 5 rings (SSSR count). The van der Waals surface area contributed by atoms with Gasteiger partial charge in [-0.25, -0.2) is 0 Å². The molecular weight excluding hydrogens is 392 g/mol. The highest BCUT2D eigenvalue weighted by molar-refractivity contribution is 5.93. The molecule has 0 unspecified atom stereocenters. The van der Waals surface area contributed by atoms with E-state index in [2.05, 4.69) is 83.5 Å². The van der Waals surface area contributed by atoms with Crippen LogP contribution in [0.5, 0.6) is 0 Å². The molecule has 1 amide bonds. The molecule has 2 aliphatic heterocycles. The normalized spacial score (nSPS) is 24.9. The van der Waals surface area contributed by atoms with E-state index in [-0.39, 0.29) is 11.9 Å². The lowest BCUT2D eigenvalue weighted by molar-refractivity contribution is -0.119. The third-order valence-corrected chi connectivity index (χ3v) is 7.46. The number of nitrogens with zero attached hydrogens (tertiary/aromatic N) is 2. The van der Waals surface area contributed by atoms with E-state index in [9.17, 15) is 4.79 Å². The summed E-state index contributed by atoms with van der Waals surface area (Å²) in [5, 5.41) is 0. The molecule has 1 saturated heterocycles. The predicted octanol–water partition coefficient (Wildman–Crippen LogP) is 6.03. The number of para-hydroxylation sites is 1. The maximum Gasteiger partial charge on any atom is 0.226 e. The first kappa shape index (κ1) is 21.0. The average molecular weight is 425 g/mol. The number of fused-ring (bicyclic) bond motifs is 3. The molecule has 0 aromatic heterocycles. The summed E-state index contributed by atoms with van der Waals surface area (Å²) in [6, 6.07) is 30.7. The zero-order valence-corrected chi connectivity index (χ0v) is 19.0. The summed E-state index contributed by atoms with van der Waals surface area (Å²) >= 11 is 0. The van der Waals surface area contributed by atoms with Crippen molar-refractivity contribution < 1.29 is 4.79 Å². The van der Waals surface area contributed by atoms with Gasteiger partial charge in [0.1, 0.15) is 0 Å². The van der Waals surface area contributed by atoms with E-state index in [1.54, 1.807) is 0 Å². The monoisotopic (exact) mass is 424 g/mol. The Kier molecular flexibility index (Phi) is 5.84. The number of amides is 1. The molecule has 32 heavy (non-hydrogen) atoms. The summed E-state index contributed by atoms with van der Waals surface area (Å²) in [5.74, 6) is 0.958. The maximum absolute atomic E-state index is 13.1. The lowest BCUT2D eigenvalue weighted by Crippen LogP contribution is -2.55. The minimum Gasteiger partial charge on any atom is -0.309 e. The van der Waals surface area contributed by atoms with E-state index < -0.39 is 0 Å². The van der Waals surface area contributed by atoms with Gasteiger partial charge in [0.15, 0.2) is 0 Å². The molecule has 3 nitrogen and oxygen atoms in total. The molecular formula is C29H32N2O. The fourth-order valence-electron chi connectivity index (χ4n) is 5.97. The second kappa shape index (κ2) is 8.91. The van der Waals surface area contributed by atoms with Crippen LogP contribution in [0.2, 0.25) is 0 Å². The van der Waals surface area contributed by atoms with Crippen LogP contribution in [-0.4, -0.2) is 29.9 Å². The number of carbonyl (C=O) groups excluding carboxylic acids is 1. The van der Waals surface area contributed by atoms with Gasteiger partial charge < -0.3 is 4.90 Å².